The lowest BCUT2D eigenvalue weighted by Crippen LogP contribution is -2.25. The van der Waals surface area contributed by atoms with E-state index in [0.29, 0.717) is 17.0 Å². The van der Waals surface area contributed by atoms with Crippen LogP contribution in [0.4, 0.5) is 5.69 Å². The predicted molar refractivity (Wildman–Crippen MR) is 72.2 cm³/mol. The highest BCUT2D eigenvalue weighted by atomic mass is 16.5. The summed E-state index contributed by atoms with van der Waals surface area (Å²) in [7, 11) is 0. The summed E-state index contributed by atoms with van der Waals surface area (Å²) in [6, 6.07) is 7.32. The minimum atomic E-state index is 0.250. The van der Waals surface area contributed by atoms with Crippen molar-refractivity contribution in [1.29, 1.82) is 5.26 Å². The van der Waals surface area contributed by atoms with Crippen molar-refractivity contribution in [1.82, 2.24) is 0 Å². The number of benzene rings is 1. The summed E-state index contributed by atoms with van der Waals surface area (Å²) in [5, 5.41) is 8.89. The van der Waals surface area contributed by atoms with E-state index in [-0.39, 0.29) is 6.10 Å². The minimum absolute atomic E-state index is 0.250. The van der Waals surface area contributed by atoms with Crippen LogP contribution >= 0.6 is 0 Å². The van der Waals surface area contributed by atoms with Crippen LogP contribution in [-0.2, 0) is 0 Å². The Bertz CT molecular complexity index is 450. The Labute approximate surface area is 109 Å². The molecule has 96 valence electrons. The Morgan fingerprint density at radius 1 is 1.44 bits per heavy atom. The fourth-order valence-electron chi connectivity index (χ4n) is 2.61. The number of nitriles is 1. The van der Waals surface area contributed by atoms with Crippen LogP contribution in [0.1, 0.15) is 44.6 Å². The first-order valence-electron chi connectivity index (χ1n) is 6.69. The molecule has 0 saturated heterocycles. The van der Waals surface area contributed by atoms with Crippen molar-refractivity contribution in [2.75, 3.05) is 5.73 Å². The fraction of sp³-hybridized carbons (Fsp3) is 0.533. The van der Waals surface area contributed by atoms with E-state index >= 15 is 0 Å². The smallest absolute Gasteiger partial charge is 0.143 e. The van der Waals surface area contributed by atoms with Crippen molar-refractivity contribution in [3.8, 4) is 11.8 Å². The molecule has 0 aliphatic heterocycles. The van der Waals surface area contributed by atoms with Crippen molar-refractivity contribution in [3.63, 3.8) is 0 Å². The molecule has 2 unspecified atom stereocenters. The molecule has 2 N–H and O–H groups in total. The van der Waals surface area contributed by atoms with Crippen LogP contribution in [0.2, 0.25) is 0 Å². The van der Waals surface area contributed by atoms with Gasteiger partial charge in [0.15, 0.2) is 0 Å². The zero-order valence-electron chi connectivity index (χ0n) is 10.9. The zero-order chi connectivity index (χ0) is 13.0. The van der Waals surface area contributed by atoms with Gasteiger partial charge in [0.1, 0.15) is 5.75 Å². The Morgan fingerprint density at radius 3 is 3.00 bits per heavy atom. The zero-order valence-corrected chi connectivity index (χ0v) is 10.9. The van der Waals surface area contributed by atoms with Crippen LogP contribution in [0.3, 0.4) is 0 Å². The third kappa shape index (κ3) is 2.95. The van der Waals surface area contributed by atoms with Gasteiger partial charge in [0.2, 0.25) is 0 Å². The van der Waals surface area contributed by atoms with E-state index in [1.54, 1.807) is 18.2 Å². The van der Waals surface area contributed by atoms with Gasteiger partial charge < -0.3 is 10.5 Å². The van der Waals surface area contributed by atoms with Crippen LogP contribution in [0.25, 0.3) is 0 Å². The van der Waals surface area contributed by atoms with E-state index in [0.717, 1.165) is 18.8 Å². The Balaban J connectivity index is 2.07. The first-order chi connectivity index (χ1) is 8.72. The number of nitrogen functional groups attached to an aromatic ring is 1. The van der Waals surface area contributed by atoms with E-state index in [1.807, 2.05) is 0 Å². The molecule has 1 saturated carbocycles. The van der Waals surface area contributed by atoms with Gasteiger partial charge in [-0.15, -0.1) is 0 Å². The summed E-state index contributed by atoms with van der Waals surface area (Å²) < 4.78 is 5.98. The average Bonchev–Trinajstić information content (AvgIpc) is 2.41. The molecule has 0 bridgehead atoms. The first-order valence-corrected chi connectivity index (χ1v) is 6.69. The van der Waals surface area contributed by atoms with Gasteiger partial charge >= 0.3 is 0 Å². The molecule has 0 aromatic heterocycles. The summed E-state index contributed by atoms with van der Waals surface area (Å²) in [5.41, 5.74) is 7.11. The number of anilines is 1. The van der Waals surface area contributed by atoms with Crippen molar-refractivity contribution in [2.24, 2.45) is 5.92 Å². The maximum atomic E-state index is 8.89. The molecule has 0 spiro atoms. The normalized spacial score (nSPS) is 23.3. The number of ether oxygens (including phenoxy) is 1. The topological polar surface area (TPSA) is 59.0 Å². The second-order valence-electron chi connectivity index (χ2n) is 5.05. The number of nitrogens with two attached hydrogens (primary N) is 1. The maximum absolute atomic E-state index is 8.89. The van der Waals surface area contributed by atoms with Gasteiger partial charge in [0.25, 0.3) is 0 Å². The van der Waals surface area contributed by atoms with Crippen molar-refractivity contribution in [3.05, 3.63) is 23.8 Å². The van der Waals surface area contributed by atoms with E-state index in [1.165, 1.54) is 19.3 Å². The van der Waals surface area contributed by atoms with Gasteiger partial charge in [-0.3, -0.25) is 0 Å². The third-order valence-electron chi connectivity index (χ3n) is 3.75. The number of nitrogens with zero attached hydrogens (tertiary/aromatic N) is 1. The highest BCUT2D eigenvalue weighted by Gasteiger charge is 2.22. The molecule has 0 amide bonds. The van der Waals surface area contributed by atoms with Gasteiger partial charge in [-0.2, -0.15) is 5.26 Å². The molecule has 1 aliphatic carbocycles. The molecule has 1 aromatic rings. The second kappa shape index (κ2) is 5.77. The van der Waals surface area contributed by atoms with Crippen molar-refractivity contribution < 1.29 is 4.74 Å². The van der Waals surface area contributed by atoms with Gasteiger partial charge in [-0.05, 0) is 37.3 Å². The summed E-state index contributed by atoms with van der Waals surface area (Å²) in [6.45, 7) is 2.23. The monoisotopic (exact) mass is 244 g/mol. The summed E-state index contributed by atoms with van der Waals surface area (Å²) in [5.74, 6) is 1.43. The van der Waals surface area contributed by atoms with Gasteiger partial charge in [-0.1, -0.05) is 19.8 Å². The molecular formula is C15H20N2O. The molecule has 2 rings (SSSR count). The second-order valence-corrected chi connectivity index (χ2v) is 5.05. The SMILES string of the molecule is CCC1CCCC(Oc2cc(C#N)ccc2N)C1. The highest BCUT2D eigenvalue weighted by Crippen LogP contribution is 2.31. The molecule has 1 fully saturated rings. The Kier molecular flexibility index (Phi) is 4.09. The van der Waals surface area contributed by atoms with Gasteiger partial charge in [0.05, 0.1) is 23.4 Å². The predicted octanol–water partition coefficient (Wildman–Crippen LogP) is 3.49. The molecule has 0 heterocycles. The largest absolute Gasteiger partial charge is 0.488 e. The standard InChI is InChI=1S/C15H20N2O/c1-2-11-4-3-5-13(8-11)18-15-9-12(10-16)6-7-14(15)17/h6-7,9,11,13H,2-5,8,17H2,1H3. The van der Waals surface area contributed by atoms with E-state index in [2.05, 4.69) is 13.0 Å². The summed E-state index contributed by atoms with van der Waals surface area (Å²) in [4.78, 5) is 0. The van der Waals surface area contributed by atoms with Gasteiger partial charge in [-0.25, -0.2) is 0 Å². The number of hydrogen-bond donors (Lipinski definition) is 1. The van der Waals surface area contributed by atoms with E-state index < -0.39 is 0 Å². The van der Waals surface area contributed by atoms with Crippen LogP contribution in [0, 0.1) is 17.2 Å². The Hall–Kier alpha value is -1.69. The van der Waals surface area contributed by atoms with Crippen LogP contribution in [-0.4, -0.2) is 6.10 Å². The van der Waals surface area contributed by atoms with E-state index in [9.17, 15) is 0 Å². The van der Waals surface area contributed by atoms with E-state index in [4.69, 9.17) is 15.7 Å². The van der Waals surface area contributed by atoms with Crippen molar-refractivity contribution >= 4 is 5.69 Å². The molecule has 3 nitrogen and oxygen atoms in total. The molecular weight excluding hydrogens is 224 g/mol. The highest BCUT2D eigenvalue weighted by molar-refractivity contribution is 5.56. The lowest BCUT2D eigenvalue weighted by atomic mass is 9.85. The molecule has 2 atom stereocenters. The molecule has 0 radical (unpaired) electrons. The minimum Gasteiger partial charge on any atom is -0.488 e. The molecule has 3 heteroatoms. The van der Waals surface area contributed by atoms with Gasteiger partial charge in [0, 0.05) is 6.07 Å². The Morgan fingerprint density at radius 2 is 2.28 bits per heavy atom. The number of hydrogen-bond acceptors (Lipinski definition) is 3. The maximum Gasteiger partial charge on any atom is 0.143 e. The third-order valence-corrected chi connectivity index (χ3v) is 3.75. The summed E-state index contributed by atoms with van der Waals surface area (Å²) in [6.07, 6.45) is 6.19. The molecule has 1 aliphatic rings. The van der Waals surface area contributed by atoms with Crippen LogP contribution in [0.5, 0.6) is 5.75 Å². The molecule has 18 heavy (non-hydrogen) atoms. The van der Waals surface area contributed by atoms with Crippen molar-refractivity contribution in [2.45, 2.75) is 45.1 Å². The van der Waals surface area contributed by atoms with Crippen LogP contribution in [0.15, 0.2) is 18.2 Å². The number of rotatable bonds is 3. The average molecular weight is 244 g/mol. The first kappa shape index (κ1) is 12.8. The summed E-state index contributed by atoms with van der Waals surface area (Å²) >= 11 is 0. The molecule has 1 aromatic carbocycles. The fourth-order valence-corrected chi connectivity index (χ4v) is 2.61. The van der Waals surface area contributed by atoms with Crippen LogP contribution < -0.4 is 10.5 Å². The lowest BCUT2D eigenvalue weighted by Gasteiger charge is -2.29. The quantitative estimate of drug-likeness (QED) is 0.828. The lowest BCUT2D eigenvalue weighted by molar-refractivity contribution is 0.123.